The van der Waals surface area contributed by atoms with E-state index in [2.05, 4.69) is 45.1 Å². The van der Waals surface area contributed by atoms with E-state index in [4.69, 9.17) is 0 Å². The van der Waals surface area contributed by atoms with Crippen LogP contribution in [0.3, 0.4) is 0 Å². The third-order valence-corrected chi connectivity index (χ3v) is 3.79. The fraction of sp³-hybridized carbons (Fsp3) is 0.789. The molecule has 21 heavy (non-hydrogen) atoms. The zero-order valence-electron chi connectivity index (χ0n) is 14.7. The highest BCUT2D eigenvalue weighted by Crippen LogP contribution is 2.09. The molecule has 0 aliphatic carbocycles. The van der Waals surface area contributed by atoms with Gasteiger partial charge in [0.15, 0.2) is 0 Å². The van der Waals surface area contributed by atoms with Gasteiger partial charge in [0, 0.05) is 0 Å². The van der Waals surface area contributed by atoms with Gasteiger partial charge in [-0.2, -0.15) is 0 Å². The average molecular weight is 296 g/mol. The van der Waals surface area contributed by atoms with Gasteiger partial charge < -0.3 is 9.85 Å². The van der Waals surface area contributed by atoms with Gasteiger partial charge in [0.05, 0.1) is 19.6 Å². The van der Waals surface area contributed by atoms with E-state index in [0.29, 0.717) is 13.1 Å². The standard InChI is InChI=1S/C19H37NO/c1-4-7-9-11-13-15-18-20(21,17-6-3)19-16-14-12-10-8-5-2/h13-16H,4-12,17-19H2,1-3H3/b15-13+,16-14+. The predicted molar refractivity (Wildman–Crippen MR) is 95.1 cm³/mol. The first-order valence-electron chi connectivity index (χ1n) is 9.05. The minimum atomic E-state index is -0.0922. The van der Waals surface area contributed by atoms with Crippen molar-refractivity contribution in [2.75, 3.05) is 19.6 Å². The van der Waals surface area contributed by atoms with Crippen molar-refractivity contribution in [3.05, 3.63) is 29.5 Å². The molecule has 124 valence electrons. The maximum atomic E-state index is 12.7. The number of allylic oxidation sites excluding steroid dienone is 2. The molecule has 0 amide bonds. The summed E-state index contributed by atoms with van der Waals surface area (Å²) in [5.74, 6) is 0. The molecule has 0 saturated heterocycles. The first-order valence-corrected chi connectivity index (χ1v) is 9.05. The number of hydroxylamine groups is 3. The molecule has 0 unspecified atom stereocenters. The molecule has 2 nitrogen and oxygen atoms in total. The smallest absolute Gasteiger partial charge is 0.0973 e. The fourth-order valence-electron chi connectivity index (χ4n) is 2.46. The second-order valence-corrected chi connectivity index (χ2v) is 6.08. The van der Waals surface area contributed by atoms with Gasteiger partial charge in [-0.25, -0.2) is 0 Å². The van der Waals surface area contributed by atoms with Gasteiger partial charge in [0.2, 0.25) is 0 Å². The largest absolute Gasteiger partial charge is 0.632 e. The SMILES string of the molecule is CCCCC/C=C/C[N+]([O-])(C/C=C/CCCCC)CCC. The molecule has 0 aromatic carbocycles. The third kappa shape index (κ3) is 12.8. The Morgan fingerprint density at radius 3 is 1.52 bits per heavy atom. The van der Waals surface area contributed by atoms with E-state index in [9.17, 15) is 5.21 Å². The van der Waals surface area contributed by atoms with Crippen LogP contribution in [-0.4, -0.2) is 24.3 Å². The molecule has 0 aliphatic rings. The summed E-state index contributed by atoms with van der Waals surface area (Å²) >= 11 is 0. The number of hydrogen-bond acceptors (Lipinski definition) is 1. The lowest BCUT2D eigenvalue weighted by Gasteiger charge is -2.41. The Bertz CT molecular complexity index is 249. The average Bonchev–Trinajstić information content (AvgIpc) is 2.47. The van der Waals surface area contributed by atoms with Crippen molar-refractivity contribution in [2.45, 2.75) is 78.6 Å². The fourth-order valence-corrected chi connectivity index (χ4v) is 2.46. The minimum Gasteiger partial charge on any atom is -0.632 e. The van der Waals surface area contributed by atoms with Gasteiger partial charge in [-0.05, 0) is 44.3 Å². The molecule has 0 atom stereocenters. The van der Waals surface area contributed by atoms with Crippen molar-refractivity contribution in [1.29, 1.82) is 0 Å². The Morgan fingerprint density at radius 1 is 0.667 bits per heavy atom. The molecule has 0 saturated carbocycles. The molecular formula is C19H37NO. The molecule has 0 spiro atoms. The van der Waals surface area contributed by atoms with E-state index in [1.54, 1.807) is 0 Å². The molecule has 2 heteroatoms. The molecule has 0 aliphatic heterocycles. The number of quaternary nitrogens is 1. The lowest BCUT2D eigenvalue weighted by atomic mass is 10.2. The first-order chi connectivity index (χ1) is 10.2. The van der Waals surface area contributed by atoms with Crippen molar-refractivity contribution in [1.82, 2.24) is 0 Å². The number of rotatable bonds is 14. The highest BCUT2D eigenvalue weighted by Gasteiger charge is 2.11. The monoisotopic (exact) mass is 295 g/mol. The van der Waals surface area contributed by atoms with Crippen LogP contribution in [0, 0.1) is 5.21 Å². The summed E-state index contributed by atoms with van der Waals surface area (Å²) in [6.45, 7) is 8.51. The second kappa shape index (κ2) is 14.3. The van der Waals surface area contributed by atoms with Crippen molar-refractivity contribution in [3.63, 3.8) is 0 Å². The van der Waals surface area contributed by atoms with E-state index in [-0.39, 0.29) is 4.65 Å². The van der Waals surface area contributed by atoms with Crippen molar-refractivity contribution < 1.29 is 4.65 Å². The number of nitrogens with zero attached hydrogens (tertiary/aromatic N) is 1. The third-order valence-electron chi connectivity index (χ3n) is 3.79. The van der Waals surface area contributed by atoms with Gasteiger partial charge in [0.25, 0.3) is 0 Å². The summed E-state index contributed by atoms with van der Waals surface area (Å²) in [4.78, 5) is 0. The van der Waals surface area contributed by atoms with Crippen LogP contribution in [0.25, 0.3) is 0 Å². The van der Waals surface area contributed by atoms with Gasteiger partial charge in [-0.3, -0.25) is 0 Å². The van der Waals surface area contributed by atoms with Crippen LogP contribution in [0.4, 0.5) is 0 Å². The van der Waals surface area contributed by atoms with E-state index in [1.807, 2.05) is 0 Å². The Labute approximate surface area is 133 Å². The van der Waals surface area contributed by atoms with Crippen LogP contribution in [-0.2, 0) is 0 Å². The van der Waals surface area contributed by atoms with Crippen LogP contribution in [0.1, 0.15) is 78.6 Å². The number of unbranched alkanes of at least 4 members (excludes halogenated alkanes) is 6. The first kappa shape index (κ1) is 20.4. The Morgan fingerprint density at radius 2 is 1.14 bits per heavy atom. The van der Waals surface area contributed by atoms with Crippen LogP contribution >= 0.6 is 0 Å². The summed E-state index contributed by atoms with van der Waals surface area (Å²) in [7, 11) is 0. The lowest BCUT2D eigenvalue weighted by Crippen LogP contribution is -2.42. The molecule has 0 fully saturated rings. The summed E-state index contributed by atoms with van der Waals surface area (Å²) in [5, 5.41) is 12.7. The van der Waals surface area contributed by atoms with Gasteiger partial charge in [-0.1, -0.05) is 58.6 Å². The van der Waals surface area contributed by atoms with Gasteiger partial charge in [0.1, 0.15) is 0 Å². The van der Waals surface area contributed by atoms with E-state index >= 15 is 0 Å². The van der Waals surface area contributed by atoms with E-state index < -0.39 is 0 Å². The van der Waals surface area contributed by atoms with Crippen LogP contribution in [0.5, 0.6) is 0 Å². The molecule has 0 aromatic heterocycles. The van der Waals surface area contributed by atoms with Gasteiger partial charge in [-0.15, -0.1) is 0 Å². The summed E-state index contributed by atoms with van der Waals surface area (Å²) in [6, 6.07) is 0. The second-order valence-electron chi connectivity index (χ2n) is 6.08. The van der Waals surface area contributed by atoms with Crippen LogP contribution in [0.15, 0.2) is 24.3 Å². The molecule has 0 radical (unpaired) electrons. The minimum absolute atomic E-state index is 0.0922. The van der Waals surface area contributed by atoms with Gasteiger partial charge >= 0.3 is 0 Å². The van der Waals surface area contributed by atoms with Crippen LogP contribution in [0.2, 0.25) is 0 Å². The van der Waals surface area contributed by atoms with Crippen molar-refractivity contribution in [2.24, 2.45) is 0 Å². The summed E-state index contributed by atoms with van der Waals surface area (Å²) in [6.07, 6.45) is 19.4. The normalized spacial score (nSPS) is 12.8. The lowest BCUT2D eigenvalue weighted by molar-refractivity contribution is -0.869. The summed E-state index contributed by atoms with van der Waals surface area (Å²) in [5.41, 5.74) is 0. The maximum absolute atomic E-state index is 12.7. The Hall–Kier alpha value is -0.600. The zero-order chi connectivity index (χ0) is 15.8. The highest BCUT2D eigenvalue weighted by molar-refractivity contribution is 4.85. The Balaban J connectivity index is 4.04. The zero-order valence-corrected chi connectivity index (χ0v) is 14.7. The number of hydrogen-bond donors (Lipinski definition) is 0. The molecular weight excluding hydrogens is 258 g/mol. The van der Waals surface area contributed by atoms with E-state index in [0.717, 1.165) is 25.8 Å². The molecule has 0 heterocycles. The van der Waals surface area contributed by atoms with E-state index in [1.165, 1.54) is 38.5 Å². The van der Waals surface area contributed by atoms with Crippen molar-refractivity contribution in [3.8, 4) is 0 Å². The molecule has 0 aromatic rings. The van der Waals surface area contributed by atoms with Crippen LogP contribution < -0.4 is 0 Å². The predicted octanol–water partition coefficient (Wildman–Crippen LogP) is 5.98. The summed E-state index contributed by atoms with van der Waals surface area (Å²) < 4.78 is -0.0922. The molecule has 0 rings (SSSR count). The maximum Gasteiger partial charge on any atom is 0.0973 e. The molecule has 0 N–H and O–H groups in total. The van der Waals surface area contributed by atoms with Crippen molar-refractivity contribution >= 4 is 0 Å². The Kier molecular flexibility index (Phi) is 13.9. The quantitative estimate of drug-likeness (QED) is 0.167. The highest BCUT2D eigenvalue weighted by atomic mass is 16.5. The topological polar surface area (TPSA) is 23.1 Å². The molecule has 0 bridgehead atoms.